The van der Waals surface area contributed by atoms with E-state index in [1.165, 1.54) is 44.9 Å². The van der Waals surface area contributed by atoms with E-state index in [2.05, 4.69) is 10.6 Å². The minimum atomic E-state index is -1.16. The fourth-order valence-corrected chi connectivity index (χ4v) is 6.39. The lowest BCUT2D eigenvalue weighted by atomic mass is 10.0. The van der Waals surface area contributed by atoms with Crippen molar-refractivity contribution < 1.29 is 64.1 Å². The molecule has 3 amide bonds. The molecule has 0 spiro atoms. The number of aliphatic carboxylic acids is 2. The van der Waals surface area contributed by atoms with E-state index in [1.54, 1.807) is 6.92 Å². The molecule has 0 saturated heterocycles. The minimum absolute atomic E-state index is 0.00000913. The van der Waals surface area contributed by atoms with Crippen LogP contribution in [0, 0.1) is 5.92 Å². The van der Waals surface area contributed by atoms with Crippen LogP contribution in [-0.2, 0) is 52.5 Å². The number of carbonyl (C=O) groups excluding carboxylic acids is 5. The Hall–Kier alpha value is -3.51. The van der Waals surface area contributed by atoms with Crippen LogP contribution in [-0.4, -0.2) is 117 Å². The van der Waals surface area contributed by atoms with E-state index in [0.717, 1.165) is 51.4 Å². The Labute approximate surface area is 365 Å². The molecular weight excluding hydrogens is 792 g/mol. The standard InChI is InChI=1S/C44H80N4O13/c1-36(43(55)48-45)20-15-14-16-21-38(50)34-60-32-31-59-29-27-46-41(52)35-61-33-30-58-28-19-22-37(49)25-26-39(44(56)57)47-40(51)23-17-12-10-8-6-4-2-3-5-7-9-11-13-18-24-42(53)54/h36,39H,2-35,45H2,1H3,(H,46,52)(H,47,51)(H,48,55)(H,53,54)(H,56,57)/t36-,39-/m0/s1/i/hT. The lowest BCUT2D eigenvalue weighted by molar-refractivity contribution is -0.142. The first-order valence-corrected chi connectivity index (χ1v) is 22.8. The van der Waals surface area contributed by atoms with Crippen molar-refractivity contribution in [2.75, 3.05) is 59.4 Å². The van der Waals surface area contributed by atoms with Gasteiger partial charge >= 0.3 is 11.9 Å². The van der Waals surface area contributed by atoms with Gasteiger partial charge in [0.2, 0.25) is 17.7 Å². The number of nitrogens with one attached hydrogen (secondary N) is 3. The molecule has 17 nitrogen and oxygen atoms in total. The number of carbonyl (C=O) groups is 7. The van der Waals surface area contributed by atoms with Crippen LogP contribution in [0.4, 0.5) is 0 Å². The molecule has 17 heteroatoms. The summed E-state index contributed by atoms with van der Waals surface area (Å²) in [5, 5.41) is 23.4. The molecule has 61 heavy (non-hydrogen) atoms. The zero-order chi connectivity index (χ0) is 46.1. The number of amides is 3. The summed E-state index contributed by atoms with van der Waals surface area (Å²) in [6.45, 7) is 3.40. The average molecular weight is 875 g/mol. The van der Waals surface area contributed by atoms with Gasteiger partial charge in [-0.2, -0.15) is 0 Å². The molecule has 0 bridgehead atoms. The van der Waals surface area contributed by atoms with E-state index in [1.807, 2.05) is 0 Å². The molecule has 0 aromatic carbocycles. The highest BCUT2D eigenvalue weighted by atomic mass is 16.5. The van der Waals surface area contributed by atoms with Gasteiger partial charge in [0.1, 0.15) is 25.0 Å². The number of nitrogens with two attached hydrogens (primary N) is 1. The van der Waals surface area contributed by atoms with Crippen molar-refractivity contribution in [3.8, 4) is 0 Å². The van der Waals surface area contributed by atoms with E-state index in [4.69, 9.17) is 31.3 Å². The number of rotatable bonds is 46. The van der Waals surface area contributed by atoms with Crippen LogP contribution in [0.2, 0.25) is 1.41 Å². The van der Waals surface area contributed by atoms with Crippen LogP contribution < -0.4 is 21.9 Å². The molecule has 0 radical (unpaired) electrons. The van der Waals surface area contributed by atoms with Crippen LogP contribution in [0.5, 0.6) is 0 Å². The third-order valence-electron chi connectivity index (χ3n) is 10.1. The molecule has 0 aliphatic heterocycles. The highest BCUT2D eigenvalue weighted by Gasteiger charge is 2.21. The van der Waals surface area contributed by atoms with E-state index >= 15 is 0 Å². The second-order valence-corrected chi connectivity index (χ2v) is 15.7. The lowest BCUT2D eigenvalue weighted by Crippen LogP contribution is -2.41. The Balaban J connectivity index is 3.66. The van der Waals surface area contributed by atoms with Gasteiger partial charge in [0.15, 0.2) is 7.20 Å². The summed E-state index contributed by atoms with van der Waals surface area (Å²) in [6.07, 6.45) is 19.7. The third-order valence-corrected chi connectivity index (χ3v) is 10.1. The fraction of sp³-hybridized carbons (Fsp3) is 0.841. The van der Waals surface area contributed by atoms with Gasteiger partial charge in [0.05, 0.1) is 33.0 Å². The number of carboxylic acid groups (broad SMARTS) is 2. The van der Waals surface area contributed by atoms with Gasteiger partial charge in [0, 0.05) is 51.2 Å². The van der Waals surface area contributed by atoms with Crippen molar-refractivity contribution >= 4 is 41.2 Å². The molecule has 2 atom stereocenters. The maximum Gasteiger partial charge on any atom is 0.326 e. The molecule has 0 aromatic rings. The van der Waals surface area contributed by atoms with Gasteiger partial charge in [0.25, 0.3) is 0 Å². The zero-order valence-electron chi connectivity index (χ0n) is 38.1. The maximum absolute atomic E-state index is 12.3. The second kappa shape index (κ2) is 41.8. The quantitative estimate of drug-likeness (QED) is 0.0195. The van der Waals surface area contributed by atoms with E-state index < -0.39 is 23.9 Å². The first kappa shape index (κ1) is 55.5. The van der Waals surface area contributed by atoms with Crippen molar-refractivity contribution in [3.63, 3.8) is 0 Å². The Bertz CT molecular complexity index is 1230. The summed E-state index contributed by atoms with van der Waals surface area (Å²) in [5.74, 6) is 1.77. The molecule has 0 rings (SSSR count). The highest BCUT2D eigenvalue weighted by molar-refractivity contribution is 5.84. The first-order valence-electron chi connectivity index (χ1n) is 23.2. The van der Waals surface area contributed by atoms with Gasteiger partial charge in [-0.1, -0.05) is 96.8 Å². The molecular formula is C44H80N4O13. The van der Waals surface area contributed by atoms with Gasteiger partial charge in [-0.25, -0.2) is 10.6 Å². The molecule has 0 unspecified atom stereocenters. The Morgan fingerprint density at radius 3 is 1.59 bits per heavy atom. The maximum atomic E-state index is 12.3. The van der Waals surface area contributed by atoms with Gasteiger partial charge in [-0.3, -0.25) is 34.2 Å². The number of hydrogen-bond acceptors (Lipinski definition) is 12. The average Bonchev–Trinajstić information content (AvgIpc) is 3.23. The summed E-state index contributed by atoms with van der Waals surface area (Å²) < 4.78 is 28.6. The summed E-state index contributed by atoms with van der Waals surface area (Å²) >= 11 is 0. The SMILES string of the molecule is [3H]N(N)C(=O)[C@@H](C)CCCCCC(=O)COCCOCCNC(=O)COCCOCCCC(=O)CC[C@H](NC(=O)CCCCCCCCCCCCCCCCC(=O)O)C(=O)O. The molecule has 0 aliphatic rings. The summed E-state index contributed by atoms with van der Waals surface area (Å²) in [5.41, 5.74) is 0.354. The Kier molecular flexibility index (Phi) is 38.1. The van der Waals surface area contributed by atoms with Crippen LogP contribution >= 0.6 is 0 Å². The van der Waals surface area contributed by atoms with Crippen LogP contribution in [0.25, 0.3) is 0 Å². The van der Waals surface area contributed by atoms with Crippen molar-refractivity contribution in [2.24, 2.45) is 11.8 Å². The Morgan fingerprint density at radius 2 is 1.02 bits per heavy atom. The summed E-state index contributed by atoms with van der Waals surface area (Å²) in [7, 11) is 0. The second-order valence-electron chi connectivity index (χ2n) is 15.7. The molecule has 0 aromatic heterocycles. The Morgan fingerprint density at radius 1 is 0.525 bits per heavy atom. The normalized spacial score (nSPS) is 12.3. The number of Topliss-reactive ketones (excluding diaryl/α,β-unsaturated/α-hetero) is 2. The van der Waals surface area contributed by atoms with E-state index in [9.17, 15) is 38.7 Å². The predicted octanol–water partition coefficient (Wildman–Crippen LogP) is 5.34. The van der Waals surface area contributed by atoms with E-state index in [-0.39, 0.29) is 114 Å². The number of carboxylic acids is 2. The van der Waals surface area contributed by atoms with Crippen molar-refractivity contribution in [1.29, 1.82) is 0 Å². The van der Waals surface area contributed by atoms with E-state index in [0.29, 0.717) is 44.1 Å². The highest BCUT2D eigenvalue weighted by Crippen LogP contribution is 2.14. The molecule has 7 N–H and O–H groups in total. The van der Waals surface area contributed by atoms with Crippen molar-refractivity contribution in [1.82, 2.24) is 16.1 Å². The zero-order valence-corrected chi connectivity index (χ0v) is 37.1. The minimum Gasteiger partial charge on any atom is -0.481 e. The number of hydrazine groups is 1. The third kappa shape index (κ3) is 40.3. The van der Waals surface area contributed by atoms with Crippen molar-refractivity contribution in [2.45, 2.75) is 173 Å². The predicted molar refractivity (Wildman–Crippen MR) is 230 cm³/mol. The van der Waals surface area contributed by atoms with Gasteiger partial charge in [-0.15, -0.1) is 0 Å². The molecule has 0 saturated carbocycles. The van der Waals surface area contributed by atoms with Gasteiger partial charge in [-0.05, 0) is 38.5 Å². The summed E-state index contributed by atoms with van der Waals surface area (Å²) in [4.78, 5) is 82.3. The van der Waals surface area contributed by atoms with Crippen molar-refractivity contribution in [3.05, 3.63) is 0 Å². The molecule has 0 heterocycles. The van der Waals surface area contributed by atoms with Gasteiger partial charge < -0.3 is 39.8 Å². The molecule has 0 fully saturated rings. The van der Waals surface area contributed by atoms with Crippen LogP contribution in [0.15, 0.2) is 0 Å². The molecule has 354 valence electrons. The smallest absolute Gasteiger partial charge is 0.326 e. The largest absolute Gasteiger partial charge is 0.481 e. The number of ketones is 2. The van der Waals surface area contributed by atoms with Crippen LogP contribution in [0.3, 0.4) is 0 Å². The number of ether oxygens (including phenoxy) is 4. The fourth-order valence-electron chi connectivity index (χ4n) is 6.39. The molecule has 0 aliphatic carbocycles. The van der Waals surface area contributed by atoms with Crippen LogP contribution in [0.1, 0.15) is 167 Å². The lowest BCUT2D eigenvalue weighted by Gasteiger charge is -2.14. The topological polar surface area (TPSA) is 259 Å². The number of unbranched alkanes of at least 4 members (excludes halogenated alkanes) is 15. The summed E-state index contributed by atoms with van der Waals surface area (Å²) in [6, 6.07) is -1.10. The number of hydrogen-bond donors (Lipinski definition) is 6. The first-order chi connectivity index (χ1) is 29.8. The monoisotopic (exact) mass is 875 g/mol.